The highest BCUT2D eigenvalue weighted by atomic mass is 16.7. The van der Waals surface area contributed by atoms with E-state index in [9.17, 15) is 9.90 Å². The predicted molar refractivity (Wildman–Crippen MR) is 167 cm³/mol. The van der Waals surface area contributed by atoms with E-state index in [0.717, 1.165) is 44.1 Å². The molecule has 0 atom stereocenters. The van der Waals surface area contributed by atoms with Crippen molar-refractivity contribution in [3.8, 4) is 34.3 Å². The second-order valence-corrected chi connectivity index (χ2v) is 11.7. The first-order valence-electron chi connectivity index (χ1n) is 15.3. The zero-order chi connectivity index (χ0) is 29.6. The Balaban J connectivity index is 0.908. The number of fused-ring (bicyclic) bond motifs is 3. The molecule has 43 heavy (non-hydrogen) atoms. The number of aromatic hydroxyl groups is 1. The van der Waals surface area contributed by atoms with Crippen molar-refractivity contribution in [1.82, 2.24) is 9.80 Å². The van der Waals surface area contributed by atoms with Gasteiger partial charge in [-0.15, -0.1) is 0 Å². The minimum absolute atomic E-state index is 0.0615. The Hall–Kier alpha value is -4.01. The first-order valence-corrected chi connectivity index (χ1v) is 15.3. The Morgan fingerprint density at radius 2 is 1.74 bits per heavy atom. The summed E-state index contributed by atoms with van der Waals surface area (Å²) in [5.74, 6) is 2.11. The molecule has 0 saturated carbocycles. The van der Waals surface area contributed by atoms with Gasteiger partial charge in [0.2, 0.25) is 23.7 Å². The average Bonchev–Trinajstić information content (AvgIpc) is 3.53. The zero-order valence-electron chi connectivity index (χ0n) is 24.8. The summed E-state index contributed by atoms with van der Waals surface area (Å²) in [4.78, 5) is 17.8. The van der Waals surface area contributed by atoms with Crippen LogP contribution in [0.3, 0.4) is 0 Å². The number of piperidine rings is 1. The molecule has 0 radical (unpaired) electrons. The Bertz CT molecular complexity index is 1560. The van der Waals surface area contributed by atoms with E-state index in [1.807, 2.05) is 12.1 Å². The highest BCUT2D eigenvalue weighted by Gasteiger charge is 2.24. The van der Waals surface area contributed by atoms with Gasteiger partial charge in [0.1, 0.15) is 5.75 Å². The largest absolute Gasteiger partial charge is 0.502 e. The molecule has 3 heterocycles. The van der Waals surface area contributed by atoms with Crippen LogP contribution in [0.15, 0.2) is 75.9 Å². The molecule has 1 aromatic heterocycles. The van der Waals surface area contributed by atoms with Crippen molar-refractivity contribution in [2.24, 2.45) is 5.92 Å². The second-order valence-electron chi connectivity index (χ2n) is 11.7. The summed E-state index contributed by atoms with van der Waals surface area (Å²) in [7, 11) is 2.22. The molecule has 4 aromatic rings. The van der Waals surface area contributed by atoms with Crippen LogP contribution < -0.4 is 19.6 Å². The van der Waals surface area contributed by atoms with Crippen molar-refractivity contribution in [2.75, 3.05) is 46.6 Å². The topological polar surface area (TPSA) is 84.6 Å². The number of benzene rings is 3. The molecule has 2 aliphatic rings. The lowest BCUT2D eigenvalue weighted by atomic mass is 9.93. The molecular weight excluding hydrogens is 544 g/mol. The minimum Gasteiger partial charge on any atom is -0.502 e. The first kappa shape index (κ1) is 29.1. The molecular formula is C35H40N2O6. The van der Waals surface area contributed by atoms with Gasteiger partial charge in [0.25, 0.3) is 0 Å². The van der Waals surface area contributed by atoms with Gasteiger partial charge in [-0.2, -0.15) is 0 Å². The Kier molecular flexibility index (Phi) is 9.15. The smallest absolute Gasteiger partial charge is 0.235 e. The van der Waals surface area contributed by atoms with Crippen molar-refractivity contribution in [3.05, 3.63) is 82.5 Å². The lowest BCUT2D eigenvalue weighted by Crippen LogP contribution is -2.34. The van der Waals surface area contributed by atoms with Crippen molar-refractivity contribution in [3.63, 3.8) is 0 Å². The van der Waals surface area contributed by atoms with E-state index in [4.69, 9.17) is 18.6 Å². The van der Waals surface area contributed by atoms with Crippen molar-refractivity contribution in [2.45, 2.75) is 38.6 Å². The van der Waals surface area contributed by atoms with Gasteiger partial charge in [-0.05, 0) is 113 Å². The maximum Gasteiger partial charge on any atom is 0.235 e. The molecule has 0 aliphatic carbocycles. The number of ether oxygens (including phenoxy) is 3. The van der Waals surface area contributed by atoms with Gasteiger partial charge in [0.15, 0.2) is 17.1 Å². The monoisotopic (exact) mass is 584 g/mol. The van der Waals surface area contributed by atoms with Crippen LogP contribution in [-0.4, -0.2) is 61.5 Å². The van der Waals surface area contributed by atoms with Crippen LogP contribution in [0.2, 0.25) is 0 Å². The molecule has 0 bridgehead atoms. The second kappa shape index (κ2) is 13.5. The van der Waals surface area contributed by atoms with Gasteiger partial charge in [-0.1, -0.05) is 30.3 Å². The van der Waals surface area contributed by atoms with Gasteiger partial charge in [0, 0.05) is 12.1 Å². The Morgan fingerprint density at radius 1 is 0.953 bits per heavy atom. The summed E-state index contributed by atoms with van der Waals surface area (Å²) in [6.45, 7) is 6.37. The molecule has 1 N–H and O–H groups in total. The van der Waals surface area contributed by atoms with Crippen LogP contribution in [-0.2, 0) is 6.54 Å². The van der Waals surface area contributed by atoms with Crippen LogP contribution in [0.25, 0.3) is 22.3 Å². The fourth-order valence-corrected chi connectivity index (χ4v) is 5.97. The molecule has 0 unspecified atom stereocenters. The molecule has 0 amide bonds. The maximum absolute atomic E-state index is 12.8. The third-order valence-electron chi connectivity index (χ3n) is 8.57. The van der Waals surface area contributed by atoms with Crippen molar-refractivity contribution < 1.29 is 23.7 Å². The third-order valence-corrected chi connectivity index (χ3v) is 8.57. The fourth-order valence-electron chi connectivity index (χ4n) is 5.97. The van der Waals surface area contributed by atoms with E-state index in [0.29, 0.717) is 23.7 Å². The highest BCUT2D eigenvalue weighted by molar-refractivity contribution is 5.88. The van der Waals surface area contributed by atoms with Crippen LogP contribution >= 0.6 is 0 Å². The zero-order valence-corrected chi connectivity index (χ0v) is 24.8. The number of hydrogen-bond donors (Lipinski definition) is 1. The van der Waals surface area contributed by atoms with Crippen LogP contribution in [0.4, 0.5) is 0 Å². The summed E-state index contributed by atoms with van der Waals surface area (Å²) >= 11 is 0. The summed E-state index contributed by atoms with van der Waals surface area (Å²) in [5.41, 5.74) is 1.74. The SMILES string of the molecule is CN(CCCCOc1ccc(-c2oc3c4c(ccc3c(=O)c2O)OCO4)cc1)CCC1CCN(Cc2ccccc2)CC1. The van der Waals surface area contributed by atoms with E-state index >= 15 is 0 Å². The van der Waals surface area contributed by atoms with E-state index in [-0.39, 0.29) is 23.5 Å². The van der Waals surface area contributed by atoms with Crippen LogP contribution in [0.5, 0.6) is 23.0 Å². The third kappa shape index (κ3) is 6.98. The van der Waals surface area contributed by atoms with Gasteiger partial charge >= 0.3 is 0 Å². The Morgan fingerprint density at radius 3 is 2.53 bits per heavy atom. The molecule has 2 aliphatic heterocycles. The van der Waals surface area contributed by atoms with Gasteiger partial charge < -0.3 is 28.6 Å². The number of likely N-dealkylation sites (tertiary alicyclic amines) is 1. The average molecular weight is 585 g/mol. The molecule has 6 rings (SSSR count). The summed E-state index contributed by atoms with van der Waals surface area (Å²) in [6.07, 6.45) is 5.92. The molecule has 0 spiro atoms. The summed E-state index contributed by atoms with van der Waals surface area (Å²) < 4.78 is 22.8. The highest BCUT2D eigenvalue weighted by Crippen LogP contribution is 2.41. The molecule has 8 heteroatoms. The maximum atomic E-state index is 12.8. The van der Waals surface area contributed by atoms with E-state index in [1.165, 1.54) is 37.9 Å². The molecule has 226 valence electrons. The molecule has 1 saturated heterocycles. The van der Waals surface area contributed by atoms with E-state index in [2.05, 4.69) is 47.2 Å². The van der Waals surface area contributed by atoms with Crippen molar-refractivity contribution >= 4 is 11.0 Å². The summed E-state index contributed by atoms with van der Waals surface area (Å²) in [5, 5.41) is 10.8. The molecule has 3 aromatic carbocycles. The van der Waals surface area contributed by atoms with Crippen molar-refractivity contribution in [1.29, 1.82) is 0 Å². The predicted octanol–water partition coefficient (Wildman–Crippen LogP) is 6.29. The van der Waals surface area contributed by atoms with Gasteiger partial charge in [-0.3, -0.25) is 9.69 Å². The van der Waals surface area contributed by atoms with Crippen LogP contribution in [0, 0.1) is 5.92 Å². The Labute approximate surface area is 252 Å². The fraction of sp³-hybridized carbons (Fsp3) is 0.400. The van der Waals surface area contributed by atoms with Crippen LogP contribution in [0.1, 0.15) is 37.7 Å². The molecule has 8 nitrogen and oxygen atoms in total. The quantitative estimate of drug-likeness (QED) is 0.195. The lowest BCUT2D eigenvalue weighted by molar-refractivity contribution is 0.162. The summed E-state index contributed by atoms with van der Waals surface area (Å²) in [6, 6.07) is 21.2. The number of unbranched alkanes of at least 4 members (excludes halogenated alkanes) is 1. The van der Waals surface area contributed by atoms with E-state index < -0.39 is 11.2 Å². The van der Waals surface area contributed by atoms with Gasteiger partial charge in [0.05, 0.1) is 12.0 Å². The number of rotatable bonds is 12. The first-order chi connectivity index (χ1) is 21.0. The van der Waals surface area contributed by atoms with Gasteiger partial charge in [-0.25, -0.2) is 0 Å². The lowest BCUT2D eigenvalue weighted by Gasteiger charge is -2.32. The van der Waals surface area contributed by atoms with E-state index in [1.54, 1.807) is 24.3 Å². The standard InChI is InChI=1S/C35H40N2O6/c1-36(19-15-25-16-20-37(21-17-25)23-26-7-3-2-4-8-26)18-5-6-22-40-28-11-9-27(10-12-28)33-32(39)31(38)29-13-14-30-35(34(29)43-33)42-24-41-30/h2-4,7-14,25,39H,5-6,15-24H2,1H3. The minimum atomic E-state index is -0.510. The number of nitrogens with zero attached hydrogens (tertiary/aromatic N) is 2. The number of hydrogen-bond acceptors (Lipinski definition) is 8. The normalized spacial score (nSPS) is 15.4. The molecule has 1 fully saturated rings.